The number of nitrogens with one attached hydrogen (secondary N) is 1. The normalized spacial score (nSPS) is 24.3. The number of aromatic nitrogens is 1. The molecule has 100 valence electrons. The van der Waals surface area contributed by atoms with Crippen molar-refractivity contribution in [2.45, 2.75) is 31.8 Å². The summed E-state index contributed by atoms with van der Waals surface area (Å²) in [6.07, 6.45) is 2.61. The topological polar surface area (TPSA) is 45.1 Å². The second kappa shape index (κ2) is 4.91. The molecule has 1 aliphatic heterocycles. The molecule has 0 saturated carbocycles. The Morgan fingerprint density at radius 2 is 2.05 bits per heavy atom. The summed E-state index contributed by atoms with van der Waals surface area (Å²) in [5.74, 6) is 0. The Balaban J connectivity index is 2.02. The van der Waals surface area contributed by atoms with Gasteiger partial charge in [0.1, 0.15) is 0 Å². The molecule has 2 aromatic rings. The number of fused-ring (bicyclic) bond motifs is 1. The Morgan fingerprint density at radius 1 is 1.16 bits per heavy atom. The highest BCUT2D eigenvalue weighted by atomic mass is 16.3. The van der Waals surface area contributed by atoms with E-state index < -0.39 is 5.60 Å². The Morgan fingerprint density at radius 3 is 2.95 bits per heavy atom. The Hall–Kier alpha value is -1.45. The van der Waals surface area contributed by atoms with E-state index in [1.807, 2.05) is 25.1 Å². The Kier molecular flexibility index (Phi) is 3.25. The first-order chi connectivity index (χ1) is 9.17. The van der Waals surface area contributed by atoms with Gasteiger partial charge in [-0.05, 0) is 63.0 Å². The molecule has 1 fully saturated rings. The van der Waals surface area contributed by atoms with Crippen molar-refractivity contribution >= 4 is 10.9 Å². The van der Waals surface area contributed by atoms with Crippen LogP contribution < -0.4 is 5.32 Å². The van der Waals surface area contributed by atoms with Gasteiger partial charge in [0.2, 0.25) is 0 Å². The van der Waals surface area contributed by atoms with Gasteiger partial charge in [-0.1, -0.05) is 12.1 Å². The lowest BCUT2D eigenvalue weighted by Crippen LogP contribution is -2.27. The zero-order chi connectivity index (χ0) is 13.3. The van der Waals surface area contributed by atoms with Crippen molar-refractivity contribution < 1.29 is 5.11 Å². The van der Waals surface area contributed by atoms with Crippen molar-refractivity contribution in [3.8, 4) is 0 Å². The monoisotopic (exact) mass is 256 g/mol. The van der Waals surface area contributed by atoms with Gasteiger partial charge in [-0.15, -0.1) is 0 Å². The van der Waals surface area contributed by atoms with Crippen LogP contribution in [0.4, 0.5) is 0 Å². The summed E-state index contributed by atoms with van der Waals surface area (Å²) in [6.45, 7) is 3.87. The van der Waals surface area contributed by atoms with E-state index in [0.29, 0.717) is 0 Å². The molecule has 3 nitrogen and oxygen atoms in total. The number of rotatable bonds is 1. The van der Waals surface area contributed by atoms with Gasteiger partial charge in [-0.3, -0.25) is 4.98 Å². The fourth-order valence-electron chi connectivity index (χ4n) is 2.86. The molecule has 0 spiro atoms. The fraction of sp³-hybridized carbons (Fsp3) is 0.438. The molecule has 2 N–H and O–H groups in total. The van der Waals surface area contributed by atoms with Crippen LogP contribution in [0.5, 0.6) is 0 Å². The number of nitrogens with zero attached hydrogens (tertiary/aromatic N) is 1. The van der Waals surface area contributed by atoms with Crippen LogP contribution in [-0.2, 0) is 5.60 Å². The van der Waals surface area contributed by atoms with Gasteiger partial charge >= 0.3 is 0 Å². The molecule has 1 atom stereocenters. The van der Waals surface area contributed by atoms with Gasteiger partial charge in [0.25, 0.3) is 0 Å². The number of hydrogen-bond donors (Lipinski definition) is 2. The standard InChI is InChI=1S/C16H20N2O/c1-12-3-4-13-11-14(5-6-15(13)18-12)16(19)7-2-9-17-10-8-16/h3-6,11,17,19H,2,7-10H2,1H3. The van der Waals surface area contributed by atoms with E-state index in [-0.39, 0.29) is 0 Å². The van der Waals surface area contributed by atoms with Crippen LogP contribution >= 0.6 is 0 Å². The number of aliphatic hydroxyl groups is 1. The summed E-state index contributed by atoms with van der Waals surface area (Å²) in [4.78, 5) is 4.51. The van der Waals surface area contributed by atoms with Crippen molar-refractivity contribution in [2.75, 3.05) is 13.1 Å². The van der Waals surface area contributed by atoms with E-state index in [1.165, 1.54) is 0 Å². The molecule has 1 aromatic heterocycles. The maximum atomic E-state index is 10.9. The molecular weight excluding hydrogens is 236 g/mol. The second-order valence-electron chi connectivity index (χ2n) is 5.50. The van der Waals surface area contributed by atoms with Gasteiger partial charge in [0.05, 0.1) is 11.1 Å². The quantitative estimate of drug-likeness (QED) is 0.824. The second-order valence-corrected chi connectivity index (χ2v) is 5.50. The van der Waals surface area contributed by atoms with E-state index in [1.54, 1.807) is 0 Å². The molecule has 0 bridgehead atoms. The van der Waals surface area contributed by atoms with Gasteiger partial charge in [-0.2, -0.15) is 0 Å². The fourth-order valence-corrected chi connectivity index (χ4v) is 2.86. The third-order valence-electron chi connectivity index (χ3n) is 4.03. The SMILES string of the molecule is Cc1ccc2cc(C3(O)CCCNCC3)ccc2n1. The molecule has 19 heavy (non-hydrogen) atoms. The molecule has 0 aliphatic carbocycles. The molecule has 3 heteroatoms. The predicted molar refractivity (Wildman–Crippen MR) is 77.1 cm³/mol. The van der Waals surface area contributed by atoms with Crippen LogP contribution in [0.25, 0.3) is 10.9 Å². The number of benzene rings is 1. The maximum Gasteiger partial charge on any atom is 0.0909 e. The summed E-state index contributed by atoms with van der Waals surface area (Å²) >= 11 is 0. The van der Waals surface area contributed by atoms with Crippen molar-refractivity contribution in [3.05, 3.63) is 41.6 Å². The zero-order valence-corrected chi connectivity index (χ0v) is 11.3. The summed E-state index contributed by atoms with van der Waals surface area (Å²) in [5, 5.41) is 15.3. The van der Waals surface area contributed by atoms with Crippen molar-refractivity contribution in [1.29, 1.82) is 0 Å². The van der Waals surface area contributed by atoms with Crippen LogP contribution in [0.1, 0.15) is 30.5 Å². The Bertz CT molecular complexity index is 586. The van der Waals surface area contributed by atoms with E-state index in [0.717, 1.165) is 54.5 Å². The van der Waals surface area contributed by atoms with E-state index >= 15 is 0 Å². The first-order valence-corrected chi connectivity index (χ1v) is 6.98. The van der Waals surface area contributed by atoms with Gasteiger partial charge in [-0.25, -0.2) is 0 Å². The summed E-state index contributed by atoms with van der Waals surface area (Å²) < 4.78 is 0. The third-order valence-corrected chi connectivity index (χ3v) is 4.03. The molecular formula is C16H20N2O. The van der Waals surface area contributed by atoms with Gasteiger partial charge < -0.3 is 10.4 Å². The molecule has 0 radical (unpaired) electrons. The zero-order valence-electron chi connectivity index (χ0n) is 11.3. The summed E-state index contributed by atoms with van der Waals surface area (Å²) in [5.41, 5.74) is 2.36. The number of hydrogen-bond acceptors (Lipinski definition) is 3. The lowest BCUT2D eigenvalue weighted by atomic mass is 9.86. The van der Waals surface area contributed by atoms with Crippen LogP contribution in [-0.4, -0.2) is 23.2 Å². The molecule has 0 amide bonds. The van der Waals surface area contributed by atoms with Crippen molar-refractivity contribution in [3.63, 3.8) is 0 Å². The predicted octanol–water partition coefficient (Wildman–Crippen LogP) is 2.50. The molecule has 3 rings (SSSR count). The van der Waals surface area contributed by atoms with Crippen LogP contribution in [0.2, 0.25) is 0 Å². The summed E-state index contributed by atoms with van der Waals surface area (Å²) in [6, 6.07) is 10.2. The average Bonchev–Trinajstić information content (AvgIpc) is 2.64. The van der Waals surface area contributed by atoms with Crippen molar-refractivity contribution in [1.82, 2.24) is 10.3 Å². The number of pyridine rings is 1. The largest absolute Gasteiger partial charge is 0.385 e. The van der Waals surface area contributed by atoms with E-state index in [9.17, 15) is 5.11 Å². The van der Waals surface area contributed by atoms with Crippen LogP contribution in [0.3, 0.4) is 0 Å². The first kappa shape index (κ1) is 12.6. The molecule has 1 aliphatic rings. The lowest BCUT2D eigenvalue weighted by molar-refractivity contribution is 0.0242. The third kappa shape index (κ3) is 2.48. The maximum absolute atomic E-state index is 10.9. The van der Waals surface area contributed by atoms with Gasteiger partial charge in [0, 0.05) is 11.1 Å². The van der Waals surface area contributed by atoms with E-state index in [2.05, 4.69) is 22.4 Å². The smallest absolute Gasteiger partial charge is 0.0909 e. The van der Waals surface area contributed by atoms with Gasteiger partial charge in [0.15, 0.2) is 0 Å². The lowest BCUT2D eigenvalue weighted by Gasteiger charge is -2.27. The Labute approximate surface area is 113 Å². The molecule has 1 unspecified atom stereocenters. The van der Waals surface area contributed by atoms with Crippen molar-refractivity contribution in [2.24, 2.45) is 0 Å². The summed E-state index contributed by atoms with van der Waals surface area (Å²) in [7, 11) is 0. The number of aryl methyl sites for hydroxylation is 1. The molecule has 1 saturated heterocycles. The highest BCUT2D eigenvalue weighted by Gasteiger charge is 2.29. The van der Waals surface area contributed by atoms with E-state index in [4.69, 9.17) is 0 Å². The minimum absolute atomic E-state index is 0.692. The highest BCUT2D eigenvalue weighted by molar-refractivity contribution is 5.79. The average molecular weight is 256 g/mol. The molecule has 1 aromatic carbocycles. The minimum atomic E-state index is -0.692. The minimum Gasteiger partial charge on any atom is -0.385 e. The van der Waals surface area contributed by atoms with Crippen LogP contribution in [0, 0.1) is 6.92 Å². The highest BCUT2D eigenvalue weighted by Crippen LogP contribution is 2.32. The first-order valence-electron chi connectivity index (χ1n) is 6.98. The molecule has 2 heterocycles. The van der Waals surface area contributed by atoms with Crippen LogP contribution in [0.15, 0.2) is 30.3 Å².